The summed E-state index contributed by atoms with van der Waals surface area (Å²) in [6, 6.07) is 7.14. The van der Waals surface area contributed by atoms with Crippen LogP contribution in [0.3, 0.4) is 0 Å². The molecule has 1 aliphatic heterocycles. The lowest BCUT2D eigenvalue weighted by Gasteiger charge is -2.15. The van der Waals surface area contributed by atoms with Gasteiger partial charge in [0.15, 0.2) is 0 Å². The van der Waals surface area contributed by atoms with Crippen molar-refractivity contribution in [2.75, 3.05) is 18.5 Å². The fourth-order valence-electron chi connectivity index (χ4n) is 2.68. The number of ether oxygens (including phenoxy) is 1. The maximum absolute atomic E-state index is 12.0. The van der Waals surface area contributed by atoms with Crippen molar-refractivity contribution < 1.29 is 14.6 Å². The van der Waals surface area contributed by atoms with E-state index < -0.39 is 12.1 Å². The Morgan fingerprint density at radius 3 is 2.74 bits per heavy atom. The molecule has 5 nitrogen and oxygen atoms in total. The monoisotopic (exact) mass is 320 g/mol. The molecule has 0 aromatic heterocycles. The van der Waals surface area contributed by atoms with E-state index in [1.165, 1.54) is 19.3 Å². The molecule has 0 spiro atoms. The molecular weight excluding hydrogens is 292 g/mol. The molecule has 0 saturated carbocycles. The van der Waals surface area contributed by atoms with Gasteiger partial charge >= 0.3 is 0 Å². The van der Waals surface area contributed by atoms with Crippen LogP contribution in [0.5, 0.6) is 0 Å². The third-order valence-electron chi connectivity index (χ3n) is 4.10. The van der Waals surface area contributed by atoms with E-state index in [4.69, 9.17) is 4.74 Å². The van der Waals surface area contributed by atoms with Gasteiger partial charge in [0.1, 0.15) is 6.04 Å². The molecule has 23 heavy (non-hydrogen) atoms. The molecule has 1 fully saturated rings. The first-order chi connectivity index (χ1) is 11.2. The number of amides is 1. The van der Waals surface area contributed by atoms with E-state index in [-0.39, 0.29) is 5.91 Å². The lowest BCUT2D eigenvalue weighted by Crippen LogP contribution is -2.42. The van der Waals surface area contributed by atoms with Gasteiger partial charge in [0.2, 0.25) is 5.91 Å². The number of aliphatic hydroxyl groups is 1. The summed E-state index contributed by atoms with van der Waals surface area (Å²) in [6.07, 6.45) is 4.85. The summed E-state index contributed by atoms with van der Waals surface area (Å²) < 4.78 is 5.65. The molecule has 0 bridgehead atoms. The molecule has 2 atom stereocenters. The van der Waals surface area contributed by atoms with Crippen LogP contribution in [0.2, 0.25) is 0 Å². The SMILES string of the molecule is CCCCCCOCc1ccc(NC(=O)[C@H]2NCC[C@@H]2O)cc1. The van der Waals surface area contributed by atoms with E-state index in [2.05, 4.69) is 17.6 Å². The first kappa shape index (κ1) is 17.9. The van der Waals surface area contributed by atoms with E-state index in [9.17, 15) is 9.90 Å². The van der Waals surface area contributed by atoms with Crippen molar-refractivity contribution in [1.29, 1.82) is 0 Å². The minimum Gasteiger partial charge on any atom is -0.391 e. The molecule has 1 aliphatic rings. The van der Waals surface area contributed by atoms with Gasteiger partial charge in [-0.15, -0.1) is 0 Å². The number of aliphatic hydroxyl groups excluding tert-OH is 1. The molecule has 0 aliphatic carbocycles. The second-order valence-electron chi connectivity index (χ2n) is 6.09. The van der Waals surface area contributed by atoms with E-state index in [1.54, 1.807) is 0 Å². The zero-order valence-electron chi connectivity index (χ0n) is 13.9. The molecular formula is C18H28N2O3. The summed E-state index contributed by atoms with van der Waals surface area (Å²) in [7, 11) is 0. The largest absolute Gasteiger partial charge is 0.391 e. The van der Waals surface area contributed by atoms with Crippen molar-refractivity contribution in [1.82, 2.24) is 5.32 Å². The van der Waals surface area contributed by atoms with E-state index in [0.29, 0.717) is 19.6 Å². The van der Waals surface area contributed by atoms with Gasteiger partial charge in [-0.05, 0) is 37.1 Å². The zero-order valence-corrected chi connectivity index (χ0v) is 13.9. The fraction of sp³-hybridized carbons (Fsp3) is 0.611. The number of hydrogen-bond donors (Lipinski definition) is 3. The fourth-order valence-corrected chi connectivity index (χ4v) is 2.68. The van der Waals surface area contributed by atoms with Crippen molar-refractivity contribution in [2.45, 2.75) is 57.8 Å². The normalized spacial score (nSPS) is 20.6. The Kier molecular flexibility index (Phi) is 7.52. The van der Waals surface area contributed by atoms with Gasteiger partial charge in [-0.25, -0.2) is 0 Å². The van der Waals surface area contributed by atoms with Crippen molar-refractivity contribution in [3.63, 3.8) is 0 Å². The first-order valence-electron chi connectivity index (χ1n) is 8.59. The van der Waals surface area contributed by atoms with Gasteiger partial charge in [-0.2, -0.15) is 0 Å². The van der Waals surface area contributed by atoms with Crippen LogP contribution in [0.25, 0.3) is 0 Å². The van der Waals surface area contributed by atoms with Gasteiger partial charge in [0.25, 0.3) is 0 Å². The minimum atomic E-state index is -0.601. The number of carbonyl (C=O) groups excluding carboxylic acids is 1. The summed E-state index contributed by atoms with van der Waals surface area (Å²) in [4.78, 5) is 12.0. The highest BCUT2D eigenvalue weighted by atomic mass is 16.5. The Bertz CT molecular complexity index is 476. The van der Waals surface area contributed by atoms with E-state index >= 15 is 0 Å². The topological polar surface area (TPSA) is 70.6 Å². The summed E-state index contributed by atoms with van der Waals surface area (Å²) in [5.41, 5.74) is 1.83. The quantitative estimate of drug-likeness (QED) is 0.611. The lowest BCUT2D eigenvalue weighted by atomic mass is 10.1. The molecule has 1 saturated heterocycles. The van der Waals surface area contributed by atoms with Crippen molar-refractivity contribution in [2.24, 2.45) is 0 Å². The van der Waals surface area contributed by atoms with Crippen LogP contribution >= 0.6 is 0 Å². The third kappa shape index (κ3) is 5.94. The Labute approximate surface area is 138 Å². The van der Waals surface area contributed by atoms with Crippen LogP contribution < -0.4 is 10.6 Å². The molecule has 5 heteroatoms. The zero-order chi connectivity index (χ0) is 16.5. The smallest absolute Gasteiger partial charge is 0.244 e. The van der Waals surface area contributed by atoms with Gasteiger partial charge in [-0.3, -0.25) is 4.79 Å². The van der Waals surface area contributed by atoms with Gasteiger partial charge in [0.05, 0.1) is 12.7 Å². The second-order valence-corrected chi connectivity index (χ2v) is 6.09. The standard InChI is InChI=1S/C18H28N2O3/c1-2-3-4-5-12-23-13-14-6-8-15(9-7-14)20-18(22)17-16(21)10-11-19-17/h6-9,16-17,19,21H,2-5,10-13H2,1H3,(H,20,22)/t16-,17-/m0/s1. The predicted octanol–water partition coefficient (Wildman–Crippen LogP) is 2.44. The van der Waals surface area contributed by atoms with Crippen LogP contribution in [-0.4, -0.2) is 36.3 Å². The summed E-state index contributed by atoms with van der Waals surface area (Å²) in [5.74, 6) is -0.185. The maximum Gasteiger partial charge on any atom is 0.244 e. The minimum absolute atomic E-state index is 0.185. The lowest BCUT2D eigenvalue weighted by molar-refractivity contribution is -0.119. The number of hydrogen-bond acceptors (Lipinski definition) is 4. The molecule has 1 aromatic rings. The molecule has 1 amide bonds. The molecule has 0 radical (unpaired) electrons. The second kappa shape index (κ2) is 9.65. The Morgan fingerprint density at radius 2 is 2.09 bits per heavy atom. The van der Waals surface area contributed by atoms with Crippen molar-refractivity contribution in [3.05, 3.63) is 29.8 Å². The number of anilines is 1. The highest BCUT2D eigenvalue weighted by Gasteiger charge is 2.30. The third-order valence-corrected chi connectivity index (χ3v) is 4.10. The first-order valence-corrected chi connectivity index (χ1v) is 8.59. The van der Waals surface area contributed by atoms with E-state index in [0.717, 1.165) is 24.3 Å². The van der Waals surface area contributed by atoms with Gasteiger partial charge in [0, 0.05) is 12.3 Å². The predicted molar refractivity (Wildman–Crippen MR) is 91.3 cm³/mol. The van der Waals surface area contributed by atoms with Gasteiger partial charge in [-0.1, -0.05) is 38.3 Å². The number of rotatable bonds is 9. The van der Waals surface area contributed by atoms with Crippen LogP contribution in [0.1, 0.15) is 44.6 Å². The highest BCUT2D eigenvalue weighted by molar-refractivity contribution is 5.95. The summed E-state index contributed by atoms with van der Waals surface area (Å²) in [5, 5.41) is 15.6. The summed E-state index contributed by atoms with van der Waals surface area (Å²) >= 11 is 0. The molecule has 128 valence electrons. The number of nitrogens with one attached hydrogen (secondary N) is 2. The number of benzene rings is 1. The summed E-state index contributed by atoms with van der Waals surface area (Å²) in [6.45, 7) is 4.27. The van der Waals surface area contributed by atoms with Crippen LogP contribution in [0.4, 0.5) is 5.69 Å². The maximum atomic E-state index is 12.0. The molecule has 3 N–H and O–H groups in total. The number of carbonyl (C=O) groups is 1. The van der Waals surface area contributed by atoms with Crippen molar-refractivity contribution in [3.8, 4) is 0 Å². The molecule has 1 aromatic carbocycles. The Balaban J connectivity index is 1.70. The molecule has 1 heterocycles. The van der Waals surface area contributed by atoms with Crippen molar-refractivity contribution >= 4 is 11.6 Å². The van der Waals surface area contributed by atoms with E-state index in [1.807, 2.05) is 24.3 Å². The Morgan fingerprint density at radius 1 is 1.30 bits per heavy atom. The van der Waals surface area contributed by atoms with Crippen LogP contribution in [0.15, 0.2) is 24.3 Å². The van der Waals surface area contributed by atoms with Crippen LogP contribution in [-0.2, 0) is 16.1 Å². The highest BCUT2D eigenvalue weighted by Crippen LogP contribution is 2.14. The average Bonchev–Trinajstić information content (AvgIpc) is 2.98. The number of unbranched alkanes of at least 4 members (excludes halogenated alkanes) is 3. The van der Waals surface area contributed by atoms with Gasteiger partial charge < -0.3 is 20.5 Å². The Hall–Kier alpha value is -1.43. The molecule has 2 rings (SSSR count). The average molecular weight is 320 g/mol. The van der Waals surface area contributed by atoms with Crippen LogP contribution in [0, 0.1) is 0 Å². The molecule has 0 unspecified atom stereocenters.